The number of aromatic nitrogens is 2. The molecule has 18 heavy (non-hydrogen) atoms. The predicted octanol–water partition coefficient (Wildman–Crippen LogP) is 2.70. The summed E-state index contributed by atoms with van der Waals surface area (Å²) in [6.07, 6.45) is 5.67. The van der Waals surface area contributed by atoms with Crippen molar-refractivity contribution in [2.45, 2.75) is 58.9 Å². The monoisotopic (exact) mass is 248 g/mol. The smallest absolute Gasteiger partial charge is 0.137 e. The largest absolute Gasteiger partial charge is 0.383 e. The van der Waals surface area contributed by atoms with E-state index in [9.17, 15) is 0 Å². The van der Waals surface area contributed by atoms with Crippen LogP contribution in [0.4, 0.5) is 11.6 Å². The van der Waals surface area contributed by atoms with E-state index >= 15 is 0 Å². The van der Waals surface area contributed by atoms with Crippen molar-refractivity contribution in [3.05, 3.63) is 11.4 Å². The summed E-state index contributed by atoms with van der Waals surface area (Å²) in [7, 11) is 0. The lowest BCUT2D eigenvalue weighted by Gasteiger charge is -2.25. The van der Waals surface area contributed by atoms with Crippen molar-refractivity contribution >= 4 is 11.6 Å². The Balaban J connectivity index is 2.33. The van der Waals surface area contributed by atoms with Crippen LogP contribution in [0.2, 0.25) is 0 Å². The van der Waals surface area contributed by atoms with E-state index in [0.29, 0.717) is 11.9 Å². The molecule has 2 rings (SSSR count). The van der Waals surface area contributed by atoms with Gasteiger partial charge in [-0.1, -0.05) is 13.8 Å². The first-order valence-electron chi connectivity index (χ1n) is 7.07. The van der Waals surface area contributed by atoms with Crippen LogP contribution in [0.15, 0.2) is 0 Å². The molecule has 2 N–H and O–H groups in total. The van der Waals surface area contributed by atoms with E-state index in [2.05, 4.69) is 23.7 Å². The molecule has 0 amide bonds. The average Bonchev–Trinajstić information content (AvgIpc) is 3.15. The third kappa shape index (κ3) is 2.74. The summed E-state index contributed by atoms with van der Waals surface area (Å²) in [4.78, 5) is 11.5. The molecule has 4 nitrogen and oxygen atoms in total. The van der Waals surface area contributed by atoms with E-state index in [0.717, 1.165) is 43.0 Å². The molecule has 1 fully saturated rings. The van der Waals surface area contributed by atoms with Gasteiger partial charge in [0.25, 0.3) is 0 Å². The van der Waals surface area contributed by atoms with Crippen molar-refractivity contribution in [2.24, 2.45) is 0 Å². The fourth-order valence-electron chi connectivity index (χ4n) is 2.27. The highest BCUT2D eigenvalue weighted by molar-refractivity contribution is 5.57. The second-order valence-corrected chi connectivity index (χ2v) is 5.15. The number of anilines is 2. The number of nitrogens with two attached hydrogens (primary N) is 1. The summed E-state index contributed by atoms with van der Waals surface area (Å²) in [5.41, 5.74) is 7.07. The van der Waals surface area contributed by atoms with Gasteiger partial charge < -0.3 is 10.6 Å². The van der Waals surface area contributed by atoms with Gasteiger partial charge in [0.2, 0.25) is 0 Å². The quantitative estimate of drug-likeness (QED) is 0.841. The zero-order valence-electron chi connectivity index (χ0n) is 11.7. The maximum Gasteiger partial charge on any atom is 0.137 e. The van der Waals surface area contributed by atoms with Gasteiger partial charge in [-0.25, -0.2) is 9.97 Å². The maximum atomic E-state index is 6.03. The number of aryl methyl sites for hydroxylation is 1. The molecule has 100 valence electrons. The van der Waals surface area contributed by atoms with Gasteiger partial charge in [-0.3, -0.25) is 0 Å². The SMILES string of the molecule is CCCc1nc(N)c(C)c(N(CCC)C2CC2)n1. The highest BCUT2D eigenvalue weighted by Gasteiger charge is 2.31. The van der Waals surface area contributed by atoms with Crippen molar-refractivity contribution in [1.82, 2.24) is 9.97 Å². The van der Waals surface area contributed by atoms with Crippen LogP contribution >= 0.6 is 0 Å². The molecule has 1 heterocycles. The van der Waals surface area contributed by atoms with Crippen molar-refractivity contribution in [2.75, 3.05) is 17.2 Å². The first-order valence-corrected chi connectivity index (χ1v) is 7.07. The molecule has 0 spiro atoms. The van der Waals surface area contributed by atoms with Gasteiger partial charge in [-0.15, -0.1) is 0 Å². The number of rotatable bonds is 6. The van der Waals surface area contributed by atoms with Crippen LogP contribution in [0.25, 0.3) is 0 Å². The van der Waals surface area contributed by atoms with Gasteiger partial charge in [0.05, 0.1) is 0 Å². The molecule has 1 aromatic heterocycles. The van der Waals surface area contributed by atoms with E-state index in [1.807, 2.05) is 6.92 Å². The Bertz CT molecular complexity index is 413. The van der Waals surface area contributed by atoms with Gasteiger partial charge in [0, 0.05) is 24.6 Å². The molecule has 4 heteroatoms. The molecule has 0 aliphatic heterocycles. The molecule has 1 aliphatic rings. The molecular weight excluding hydrogens is 224 g/mol. The van der Waals surface area contributed by atoms with Crippen LogP contribution in [0, 0.1) is 6.92 Å². The van der Waals surface area contributed by atoms with Crippen molar-refractivity contribution in [3.63, 3.8) is 0 Å². The average molecular weight is 248 g/mol. The Morgan fingerprint density at radius 3 is 2.50 bits per heavy atom. The lowest BCUT2D eigenvalue weighted by Crippen LogP contribution is -2.29. The molecule has 0 radical (unpaired) electrons. The fraction of sp³-hybridized carbons (Fsp3) is 0.714. The highest BCUT2D eigenvalue weighted by atomic mass is 15.2. The minimum absolute atomic E-state index is 0.644. The molecule has 0 bridgehead atoms. The molecular formula is C14H24N4. The second kappa shape index (κ2) is 5.55. The van der Waals surface area contributed by atoms with Gasteiger partial charge in [0.15, 0.2) is 0 Å². The number of nitrogen functional groups attached to an aromatic ring is 1. The first kappa shape index (κ1) is 13.1. The number of hydrogen-bond acceptors (Lipinski definition) is 4. The van der Waals surface area contributed by atoms with Crippen LogP contribution < -0.4 is 10.6 Å². The second-order valence-electron chi connectivity index (χ2n) is 5.15. The van der Waals surface area contributed by atoms with Crippen LogP contribution in [0.1, 0.15) is 50.9 Å². The maximum absolute atomic E-state index is 6.03. The number of nitrogens with zero attached hydrogens (tertiary/aromatic N) is 3. The van der Waals surface area contributed by atoms with Gasteiger partial charge in [-0.05, 0) is 32.6 Å². The summed E-state index contributed by atoms with van der Waals surface area (Å²) < 4.78 is 0. The zero-order valence-corrected chi connectivity index (χ0v) is 11.7. The highest BCUT2D eigenvalue weighted by Crippen LogP contribution is 2.33. The standard InChI is InChI=1S/C14H24N4/c1-4-6-12-16-13(15)10(3)14(17-12)18(9-5-2)11-7-8-11/h11H,4-9H2,1-3H3,(H2,15,16,17). The van der Waals surface area contributed by atoms with Gasteiger partial charge in [-0.2, -0.15) is 0 Å². The van der Waals surface area contributed by atoms with Crippen LogP contribution in [0.3, 0.4) is 0 Å². The molecule has 1 aliphatic carbocycles. The van der Waals surface area contributed by atoms with Crippen LogP contribution in [-0.2, 0) is 6.42 Å². The summed E-state index contributed by atoms with van der Waals surface area (Å²) >= 11 is 0. The minimum atomic E-state index is 0.644. The van der Waals surface area contributed by atoms with E-state index < -0.39 is 0 Å². The van der Waals surface area contributed by atoms with E-state index in [1.165, 1.54) is 12.8 Å². The van der Waals surface area contributed by atoms with Crippen molar-refractivity contribution in [1.29, 1.82) is 0 Å². The summed E-state index contributed by atoms with van der Waals surface area (Å²) in [5.74, 6) is 2.60. The predicted molar refractivity (Wildman–Crippen MR) is 75.8 cm³/mol. The summed E-state index contributed by atoms with van der Waals surface area (Å²) in [6, 6.07) is 0.674. The lowest BCUT2D eigenvalue weighted by molar-refractivity contribution is 0.733. The summed E-state index contributed by atoms with van der Waals surface area (Å²) in [5, 5.41) is 0. The molecule has 1 aromatic rings. The van der Waals surface area contributed by atoms with E-state index in [1.54, 1.807) is 0 Å². The first-order chi connectivity index (χ1) is 8.67. The Labute approximate surface area is 110 Å². The van der Waals surface area contributed by atoms with Gasteiger partial charge >= 0.3 is 0 Å². The third-order valence-corrected chi connectivity index (χ3v) is 3.40. The van der Waals surface area contributed by atoms with E-state index in [4.69, 9.17) is 10.7 Å². The topological polar surface area (TPSA) is 55.0 Å². The van der Waals surface area contributed by atoms with Crippen molar-refractivity contribution in [3.8, 4) is 0 Å². The molecule has 0 unspecified atom stereocenters. The lowest BCUT2D eigenvalue weighted by atomic mass is 10.2. The van der Waals surface area contributed by atoms with E-state index in [-0.39, 0.29) is 0 Å². The van der Waals surface area contributed by atoms with Gasteiger partial charge in [0.1, 0.15) is 17.5 Å². The molecule has 1 saturated carbocycles. The summed E-state index contributed by atoms with van der Waals surface area (Å²) in [6.45, 7) is 7.45. The molecule has 0 saturated heterocycles. The third-order valence-electron chi connectivity index (χ3n) is 3.40. The minimum Gasteiger partial charge on any atom is -0.383 e. The normalized spacial score (nSPS) is 14.8. The molecule has 0 aromatic carbocycles. The zero-order chi connectivity index (χ0) is 13.1. The van der Waals surface area contributed by atoms with Crippen molar-refractivity contribution < 1.29 is 0 Å². The fourth-order valence-corrected chi connectivity index (χ4v) is 2.27. The Morgan fingerprint density at radius 2 is 1.94 bits per heavy atom. The molecule has 0 atom stereocenters. The Morgan fingerprint density at radius 1 is 1.22 bits per heavy atom. The van der Waals surface area contributed by atoms with Crippen LogP contribution in [0.5, 0.6) is 0 Å². The Hall–Kier alpha value is -1.32. The van der Waals surface area contributed by atoms with Crippen LogP contribution in [-0.4, -0.2) is 22.6 Å². The Kier molecular flexibility index (Phi) is 4.04. The number of hydrogen-bond donors (Lipinski definition) is 1.